The van der Waals surface area contributed by atoms with Gasteiger partial charge in [-0.1, -0.05) is 0 Å². The van der Waals surface area contributed by atoms with Gasteiger partial charge < -0.3 is 19.5 Å². The molecule has 0 spiro atoms. The molecule has 1 fully saturated rings. The summed E-state index contributed by atoms with van der Waals surface area (Å²) >= 11 is 0. The third kappa shape index (κ3) is 4.13. The third-order valence-electron chi connectivity index (χ3n) is 3.27. The second-order valence-electron chi connectivity index (χ2n) is 4.82. The summed E-state index contributed by atoms with van der Waals surface area (Å²) in [5, 5.41) is 2.85. The van der Waals surface area contributed by atoms with Gasteiger partial charge in [0.15, 0.2) is 6.10 Å². The molecule has 0 saturated carbocycles. The minimum Gasteiger partial charge on any atom is -0.497 e. The molecular formula is C15H21NO4. The van der Waals surface area contributed by atoms with Gasteiger partial charge >= 0.3 is 0 Å². The van der Waals surface area contributed by atoms with Crippen molar-refractivity contribution in [3.63, 3.8) is 0 Å². The van der Waals surface area contributed by atoms with E-state index in [1.165, 1.54) is 0 Å². The Balaban J connectivity index is 1.77. The van der Waals surface area contributed by atoms with E-state index in [9.17, 15) is 4.79 Å². The van der Waals surface area contributed by atoms with Gasteiger partial charge in [-0.2, -0.15) is 0 Å². The number of nitrogens with one attached hydrogen (secondary N) is 1. The van der Waals surface area contributed by atoms with Crippen molar-refractivity contribution in [2.45, 2.75) is 32.0 Å². The number of ether oxygens (including phenoxy) is 3. The fraction of sp³-hybridized carbons (Fsp3) is 0.533. The van der Waals surface area contributed by atoms with E-state index in [1.54, 1.807) is 38.3 Å². The monoisotopic (exact) mass is 279 g/mol. The Labute approximate surface area is 119 Å². The van der Waals surface area contributed by atoms with Gasteiger partial charge in [-0.25, -0.2) is 0 Å². The molecule has 0 radical (unpaired) electrons. The van der Waals surface area contributed by atoms with Gasteiger partial charge in [-0.15, -0.1) is 0 Å². The molecule has 0 unspecified atom stereocenters. The van der Waals surface area contributed by atoms with E-state index in [2.05, 4.69) is 5.32 Å². The van der Waals surface area contributed by atoms with E-state index in [0.29, 0.717) is 12.3 Å². The zero-order valence-electron chi connectivity index (χ0n) is 11.9. The maximum Gasteiger partial charge on any atom is 0.260 e. The van der Waals surface area contributed by atoms with Gasteiger partial charge in [0.1, 0.15) is 11.5 Å². The quantitative estimate of drug-likeness (QED) is 0.862. The highest BCUT2D eigenvalue weighted by molar-refractivity contribution is 5.80. The minimum atomic E-state index is -0.537. The molecule has 1 aliphatic heterocycles. The highest BCUT2D eigenvalue weighted by atomic mass is 16.5. The Morgan fingerprint density at radius 2 is 2.10 bits per heavy atom. The van der Waals surface area contributed by atoms with Gasteiger partial charge in [-0.3, -0.25) is 4.79 Å². The van der Waals surface area contributed by atoms with Crippen LogP contribution in [0.3, 0.4) is 0 Å². The molecule has 0 bridgehead atoms. The summed E-state index contributed by atoms with van der Waals surface area (Å²) in [4.78, 5) is 11.9. The van der Waals surface area contributed by atoms with Gasteiger partial charge in [0, 0.05) is 13.2 Å². The summed E-state index contributed by atoms with van der Waals surface area (Å²) in [7, 11) is 1.61. The number of methoxy groups -OCH3 is 1. The summed E-state index contributed by atoms with van der Waals surface area (Å²) in [6, 6.07) is 7.16. The van der Waals surface area contributed by atoms with Crippen LogP contribution in [0.2, 0.25) is 0 Å². The summed E-state index contributed by atoms with van der Waals surface area (Å²) < 4.78 is 16.1. The molecule has 2 atom stereocenters. The van der Waals surface area contributed by atoms with Crippen LogP contribution in [0.5, 0.6) is 11.5 Å². The predicted molar refractivity (Wildman–Crippen MR) is 75.1 cm³/mol. The van der Waals surface area contributed by atoms with Crippen molar-refractivity contribution in [3.05, 3.63) is 24.3 Å². The fourth-order valence-corrected chi connectivity index (χ4v) is 2.08. The first-order valence-corrected chi connectivity index (χ1v) is 6.89. The molecule has 5 nitrogen and oxygen atoms in total. The van der Waals surface area contributed by atoms with E-state index < -0.39 is 6.10 Å². The van der Waals surface area contributed by atoms with Crippen LogP contribution in [0, 0.1) is 0 Å². The number of amides is 1. The lowest BCUT2D eigenvalue weighted by Gasteiger charge is -2.16. The molecule has 20 heavy (non-hydrogen) atoms. The van der Waals surface area contributed by atoms with E-state index in [1.807, 2.05) is 0 Å². The van der Waals surface area contributed by atoms with Crippen molar-refractivity contribution < 1.29 is 19.0 Å². The van der Waals surface area contributed by atoms with Crippen LogP contribution in [0.25, 0.3) is 0 Å². The summed E-state index contributed by atoms with van der Waals surface area (Å²) in [5.74, 6) is 1.27. The highest BCUT2D eigenvalue weighted by Gasteiger charge is 2.19. The molecule has 1 amide bonds. The van der Waals surface area contributed by atoms with E-state index in [-0.39, 0.29) is 12.0 Å². The van der Waals surface area contributed by atoms with E-state index >= 15 is 0 Å². The fourth-order valence-electron chi connectivity index (χ4n) is 2.08. The predicted octanol–water partition coefficient (Wildman–Crippen LogP) is 1.76. The first kappa shape index (κ1) is 14.7. The molecule has 2 rings (SSSR count). The first-order chi connectivity index (χ1) is 9.69. The Kier molecular flexibility index (Phi) is 5.24. The largest absolute Gasteiger partial charge is 0.497 e. The minimum absolute atomic E-state index is 0.128. The van der Waals surface area contributed by atoms with Crippen LogP contribution in [0.4, 0.5) is 0 Å². The SMILES string of the molecule is COc1ccc(O[C@@H](C)C(=O)NC[C@H]2CCCO2)cc1. The second kappa shape index (κ2) is 7.14. The number of hydrogen-bond donors (Lipinski definition) is 1. The summed E-state index contributed by atoms with van der Waals surface area (Å²) in [6.07, 6.45) is 1.68. The lowest BCUT2D eigenvalue weighted by molar-refractivity contribution is -0.127. The smallest absolute Gasteiger partial charge is 0.260 e. The molecule has 1 saturated heterocycles. The standard InChI is InChI=1S/C15H21NO4/c1-11(15(17)16-10-14-4-3-9-19-14)20-13-7-5-12(18-2)6-8-13/h5-8,11,14H,3-4,9-10H2,1-2H3,(H,16,17)/t11-,14+/m0/s1. The molecule has 1 aromatic rings. The Hall–Kier alpha value is -1.75. The van der Waals surface area contributed by atoms with Crippen molar-refractivity contribution in [1.29, 1.82) is 0 Å². The van der Waals surface area contributed by atoms with Crippen LogP contribution in [-0.2, 0) is 9.53 Å². The maximum atomic E-state index is 11.9. The number of rotatable bonds is 6. The van der Waals surface area contributed by atoms with E-state index in [0.717, 1.165) is 25.2 Å². The van der Waals surface area contributed by atoms with Gasteiger partial charge in [0.05, 0.1) is 13.2 Å². The number of carbonyl (C=O) groups is 1. The molecule has 5 heteroatoms. The Morgan fingerprint density at radius 3 is 2.70 bits per heavy atom. The zero-order valence-corrected chi connectivity index (χ0v) is 11.9. The average molecular weight is 279 g/mol. The van der Waals surface area contributed by atoms with Gasteiger partial charge in [0.25, 0.3) is 5.91 Å². The van der Waals surface area contributed by atoms with Crippen molar-refractivity contribution in [1.82, 2.24) is 5.32 Å². The van der Waals surface area contributed by atoms with Crippen LogP contribution in [0.15, 0.2) is 24.3 Å². The number of hydrogen-bond acceptors (Lipinski definition) is 4. The second-order valence-corrected chi connectivity index (χ2v) is 4.82. The molecule has 1 aliphatic rings. The molecular weight excluding hydrogens is 258 g/mol. The van der Waals surface area contributed by atoms with Gasteiger partial charge in [0.2, 0.25) is 0 Å². The van der Waals surface area contributed by atoms with Crippen LogP contribution < -0.4 is 14.8 Å². The highest BCUT2D eigenvalue weighted by Crippen LogP contribution is 2.18. The zero-order chi connectivity index (χ0) is 14.4. The normalized spacial score (nSPS) is 19.4. The van der Waals surface area contributed by atoms with Crippen molar-refractivity contribution in [3.8, 4) is 11.5 Å². The number of benzene rings is 1. The van der Waals surface area contributed by atoms with Crippen LogP contribution >= 0.6 is 0 Å². The molecule has 0 aliphatic carbocycles. The molecule has 1 aromatic carbocycles. The third-order valence-corrected chi connectivity index (χ3v) is 3.27. The summed E-state index contributed by atoms with van der Waals surface area (Å²) in [5.41, 5.74) is 0. The van der Waals surface area contributed by atoms with Crippen LogP contribution in [0.1, 0.15) is 19.8 Å². The lowest BCUT2D eigenvalue weighted by atomic mass is 10.2. The maximum absolute atomic E-state index is 11.9. The average Bonchev–Trinajstić information content (AvgIpc) is 2.98. The lowest BCUT2D eigenvalue weighted by Crippen LogP contribution is -2.40. The van der Waals surface area contributed by atoms with Crippen LogP contribution in [-0.4, -0.2) is 38.4 Å². The van der Waals surface area contributed by atoms with Gasteiger partial charge in [-0.05, 0) is 44.0 Å². The molecule has 1 N–H and O–H groups in total. The molecule has 1 heterocycles. The van der Waals surface area contributed by atoms with Crippen molar-refractivity contribution >= 4 is 5.91 Å². The number of carbonyl (C=O) groups excluding carboxylic acids is 1. The van der Waals surface area contributed by atoms with Crippen molar-refractivity contribution in [2.75, 3.05) is 20.3 Å². The summed E-state index contributed by atoms with van der Waals surface area (Å²) in [6.45, 7) is 3.07. The van der Waals surface area contributed by atoms with E-state index in [4.69, 9.17) is 14.2 Å². The molecule has 110 valence electrons. The molecule has 0 aromatic heterocycles. The van der Waals surface area contributed by atoms with Crippen molar-refractivity contribution in [2.24, 2.45) is 0 Å². The first-order valence-electron chi connectivity index (χ1n) is 6.89. The topological polar surface area (TPSA) is 56.8 Å². The Bertz CT molecular complexity index is 426. The Morgan fingerprint density at radius 1 is 1.40 bits per heavy atom.